The van der Waals surface area contributed by atoms with E-state index in [2.05, 4.69) is 19.7 Å². The number of imidazole rings is 1. The lowest BCUT2D eigenvalue weighted by molar-refractivity contribution is 0.399. The summed E-state index contributed by atoms with van der Waals surface area (Å²) >= 11 is 0. The molecule has 3 heterocycles. The molecule has 20 heavy (non-hydrogen) atoms. The van der Waals surface area contributed by atoms with Crippen molar-refractivity contribution in [2.45, 2.75) is 13.5 Å². The smallest absolute Gasteiger partial charge is 0.237 e. The average molecular weight is 268 g/mol. The van der Waals surface area contributed by atoms with Crippen molar-refractivity contribution in [3.05, 3.63) is 54.1 Å². The summed E-state index contributed by atoms with van der Waals surface area (Å²) in [6.45, 7) is 2.68. The highest BCUT2D eigenvalue weighted by atomic mass is 16.5. The number of pyridine rings is 2. The van der Waals surface area contributed by atoms with Crippen LogP contribution in [0.1, 0.15) is 11.4 Å². The zero-order valence-electron chi connectivity index (χ0n) is 11.5. The fourth-order valence-electron chi connectivity index (χ4n) is 2.24. The Morgan fingerprint density at radius 3 is 3.00 bits per heavy atom. The normalized spacial score (nSPS) is 10.7. The van der Waals surface area contributed by atoms with Crippen LogP contribution in [0.3, 0.4) is 0 Å². The molecule has 0 unspecified atom stereocenters. The summed E-state index contributed by atoms with van der Waals surface area (Å²) in [7, 11) is 1.62. The standard InChI is InChI=1S/C15H16N4O/c1-11-13(19-9-4-3-7-14(19)18-11)10-17-12-6-5-8-16-15(12)20-2/h3-9,17H,10H2,1-2H3. The van der Waals surface area contributed by atoms with Gasteiger partial charge in [-0.3, -0.25) is 0 Å². The van der Waals surface area contributed by atoms with Gasteiger partial charge in [-0.1, -0.05) is 6.07 Å². The van der Waals surface area contributed by atoms with Crippen molar-refractivity contribution in [2.24, 2.45) is 0 Å². The van der Waals surface area contributed by atoms with Crippen LogP contribution in [0, 0.1) is 6.92 Å². The SMILES string of the molecule is COc1ncccc1NCc1c(C)nc2ccccn12. The predicted molar refractivity (Wildman–Crippen MR) is 78.0 cm³/mol. The maximum atomic E-state index is 5.24. The molecule has 5 nitrogen and oxygen atoms in total. The van der Waals surface area contributed by atoms with Crippen LogP contribution in [-0.2, 0) is 6.54 Å². The summed E-state index contributed by atoms with van der Waals surface area (Å²) in [5, 5.41) is 3.35. The molecule has 3 rings (SSSR count). The molecule has 0 spiro atoms. The Morgan fingerprint density at radius 1 is 1.25 bits per heavy atom. The Morgan fingerprint density at radius 2 is 2.15 bits per heavy atom. The second-order valence-corrected chi connectivity index (χ2v) is 4.49. The first-order valence-corrected chi connectivity index (χ1v) is 6.45. The molecule has 0 aliphatic carbocycles. The van der Waals surface area contributed by atoms with Gasteiger partial charge in [-0.15, -0.1) is 0 Å². The lowest BCUT2D eigenvalue weighted by Crippen LogP contribution is -2.05. The Bertz CT molecular complexity index is 736. The van der Waals surface area contributed by atoms with Crippen molar-refractivity contribution in [1.82, 2.24) is 14.4 Å². The molecule has 0 saturated carbocycles. The molecule has 0 radical (unpaired) electrons. The van der Waals surface area contributed by atoms with Gasteiger partial charge < -0.3 is 14.5 Å². The van der Waals surface area contributed by atoms with Gasteiger partial charge in [0.25, 0.3) is 0 Å². The highest BCUT2D eigenvalue weighted by Crippen LogP contribution is 2.21. The number of nitrogens with one attached hydrogen (secondary N) is 1. The zero-order chi connectivity index (χ0) is 13.9. The minimum Gasteiger partial charge on any atom is -0.480 e. The third-order valence-electron chi connectivity index (χ3n) is 3.24. The van der Waals surface area contributed by atoms with Crippen molar-refractivity contribution in [2.75, 3.05) is 12.4 Å². The highest BCUT2D eigenvalue weighted by Gasteiger charge is 2.09. The molecule has 102 valence electrons. The quantitative estimate of drug-likeness (QED) is 0.790. The zero-order valence-corrected chi connectivity index (χ0v) is 11.5. The van der Waals surface area contributed by atoms with Crippen molar-refractivity contribution in [3.63, 3.8) is 0 Å². The molecule has 0 amide bonds. The molecule has 0 aliphatic rings. The van der Waals surface area contributed by atoms with Crippen LogP contribution in [0.25, 0.3) is 5.65 Å². The molecule has 3 aromatic heterocycles. The molecular formula is C15H16N4O. The molecular weight excluding hydrogens is 252 g/mol. The predicted octanol–water partition coefficient (Wildman–Crippen LogP) is 2.66. The summed E-state index contributed by atoms with van der Waals surface area (Å²) < 4.78 is 7.33. The van der Waals surface area contributed by atoms with Crippen LogP contribution in [0.5, 0.6) is 5.88 Å². The molecule has 0 aromatic carbocycles. The summed E-state index contributed by atoms with van der Waals surface area (Å²) in [6.07, 6.45) is 3.73. The first-order chi connectivity index (χ1) is 9.79. The van der Waals surface area contributed by atoms with Crippen molar-refractivity contribution in [1.29, 1.82) is 0 Å². The lowest BCUT2D eigenvalue weighted by atomic mass is 10.3. The van der Waals surface area contributed by atoms with E-state index in [1.807, 2.05) is 43.5 Å². The van der Waals surface area contributed by atoms with E-state index in [1.54, 1.807) is 13.3 Å². The summed E-state index contributed by atoms with van der Waals surface area (Å²) in [5.74, 6) is 0.596. The van der Waals surface area contributed by atoms with Gasteiger partial charge in [0.05, 0.1) is 30.7 Å². The molecule has 3 aromatic rings. The second-order valence-electron chi connectivity index (χ2n) is 4.49. The number of anilines is 1. The number of aromatic nitrogens is 3. The fraction of sp³-hybridized carbons (Fsp3) is 0.200. The molecule has 0 saturated heterocycles. The lowest BCUT2D eigenvalue weighted by Gasteiger charge is -2.10. The van der Waals surface area contributed by atoms with Gasteiger partial charge in [0.1, 0.15) is 5.65 Å². The third-order valence-corrected chi connectivity index (χ3v) is 3.24. The number of ether oxygens (including phenoxy) is 1. The summed E-state index contributed by atoms with van der Waals surface area (Å²) in [4.78, 5) is 8.72. The summed E-state index contributed by atoms with van der Waals surface area (Å²) in [5.41, 5.74) is 3.98. The molecule has 0 atom stereocenters. The van der Waals surface area contributed by atoms with Crippen molar-refractivity contribution >= 4 is 11.3 Å². The van der Waals surface area contributed by atoms with E-state index in [-0.39, 0.29) is 0 Å². The molecule has 0 aliphatic heterocycles. The van der Waals surface area contributed by atoms with Crippen LogP contribution in [-0.4, -0.2) is 21.5 Å². The maximum absolute atomic E-state index is 5.24. The van der Waals surface area contributed by atoms with E-state index in [0.29, 0.717) is 12.4 Å². The van der Waals surface area contributed by atoms with E-state index in [4.69, 9.17) is 4.74 Å². The van der Waals surface area contributed by atoms with Crippen LogP contribution in [0.2, 0.25) is 0 Å². The van der Waals surface area contributed by atoms with Gasteiger partial charge in [0.15, 0.2) is 0 Å². The maximum Gasteiger partial charge on any atom is 0.237 e. The number of nitrogens with zero attached hydrogens (tertiary/aromatic N) is 3. The first-order valence-electron chi connectivity index (χ1n) is 6.45. The van der Waals surface area contributed by atoms with E-state index >= 15 is 0 Å². The fourth-order valence-corrected chi connectivity index (χ4v) is 2.24. The Kier molecular flexibility index (Phi) is 3.25. The minimum absolute atomic E-state index is 0.596. The number of rotatable bonds is 4. The van der Waals surface area contributed by atoms with E-state index in [1.165, 1.54) is 0 Å². The Labute approximate surface area is 117 Å². The third kappa shape index (κ3) is 2.18. The van der Waals surface area contributed by atoms with E-state index < -0.39 is 0 Å². The molecule has 5 heteroatoms. The van der Waals surface area contributed by atoms with Gasteiger partial charge in [-0.25, -0.2) is 9.97 Å². The number of hydrogen-bond donors (Lipinski definition) is 1. The second kappa shape index (κ2) is 5.21. The van der Waals surface area contributed by atoms with Crippen LogP contribution < -0.4 is 10.1 Å². The Hall–Kier alpha value is -2.56. The number of methoxy groups -OCH3 is 1. The van der Waals surface area contributed by atoms with Crippen LogP contribution in [0.4, 0.5) is 5.69 Å². The van der Waals surface area contributed by atoms with Crippen molar-refractivity contribution < 1.29 is 4.74 Å². The molecule has 0 bridgehead atoms. The van der Waals surface area contributed by atoms with Gasteiger partial charge in [0.2, 0.25) is 5.88 Å². The monoisotopic (exact) mass is 268 g/mol. The average Bonchev–Trinajstić information content (AvgIpc) is 2.81. The van der Waals surface area contributed by atoms with Gasteiger partial charge in [0, 0.05) is 12.4 Å². The number of fused-ring (bicyclic) bond motifs is 1. The summed E-state index contributed by atoms with van der Waals surface area (Å²) in [6, 6.07) is 9.82. The van der Waals surface area contributed by atoms with Crippen LogP contribution >= 0.6 is 0 Å². The van der Waals surface area contributed by atoms with Crippen molar-refractivity contribution in [3.8, 4) is 5.88 Å². The van der Waals surface area contributed by atoms with Gasteiger partial charge in [-0.2, -0.15) is 0 Å². The molecule has 1 N–H and O–H groups in total. The largest absolute Gasteiger partial charge is 0.480 e. The first kappa shape index (κ1) is 12.5. The number of hydrogen-bond acceptors (Lipinski definition) is 4. The van der Waals surface area contributed by atoms with E-state index in [9.17, 15) is 0 Å². The van der Waals surface area contributed by atoms with E-state index in [0.717, 1.165) is 22.7 Å². The highest BCUT2D eigenvalue weighted by molar-refractivity contribution is 5.53. The minimum atomic E-state index is 0.596. The van der Waals surface area contributed by atoms with Gasteiger partial charge in [-0.05, 0) is 31.2 Å². The Balaban J connectivity index is 1.89. The number of aryl methyl sites for hydroxylation is 1. The van der Waals surface area contributed by atoms with Gasteiger partial charge >= 0.3 is 0 Å². The van der Waals surface area contributed by atoms with Crippen LogP contribution in [0.15, 0.2) is 42.7 Å². The topological polar surface area (TPSA) is 51.5 Å². The molecule has 0 fully saturated rings.